The van der Waals surface area contributed by atoms with E-state index in [2.05, 4.69) is 32.6 Å². The molecule has 0 radical (unpaired) electrons. The zero-order valence-corrected chi connectivity index (χ0v) is 9.33. The molecule has 2 atom stereocenters. The van der Waals surface area contributed by atoms with Gasteiger partial charge in [-0.15, -0.1) is 0 Å². The molecular weight excluding hydrogens is 168 g/mol. The Labute approximate surface area is 75.7 Å². The van der Waals surface area contributed by atoms with E-state index in [9.17, 15) is 0 Å². The molecule has 12 heavy (non-hydrogen) atoms. The summed E-state index contributed by atoms with van der Waals surface area (Å²) in [4.78, 5) is 0. The van der Waals surface area contributed by atoms with E-state index in [1.807, 2.05) is 0 Å². The van der Waals surface area contributed by atoms with Gasteiger partial charge in [-0.25, -0.2) is 0 Å². The Hall–Kier alpha value is -0.283. The predicted molar refractivity (Wildman–Crippen MR) is 52.5 cm³/mol. The Kier molecular flexibility index (Phi) is 2.96. The lowest BCUT2D eigenvalue weighted by molar-refractivity contribution is 0.0568. The molecule has 0 saturated carbocycles. The third kappa shape index (κ3) is 2.99. The molecule has 0 spiro atoms. The van der Waals surface area contributed by atoms with Crippen molar-refractivity contribution in [1.82, 2.24) is 0 Å². The van der Waals surface area contributed by atoms with Gasteiger partial charge in [-0.1, -0.05) is 6.92 Å². The zero-order valence-electron chi connectivity index (χ0n) is 8.33. The molecule has 0 aromatic carbocycles. The Balaban J connectivity index is 2.47. The molecule has 0 aliphatic carbocycles. The van der Waals surface area contributed by atoms with Gasteiger partial charge in [0, 0.05) is 5.92 Å². The Bertz CT molecular complexity index is 172. The van der Waals surface area contributed by atoms with Crippen molar-refractivity contribution in [2.45, 2.75) is 32.7 Å². The topological polar surface area (TPSA) is 18.5 Å². The summed E-state index contributed by atoms with van der Waals surface area (Å²) in [6.45, 7) is 9.50. The summed E-state index contributed by atoms with van der Waals surface area (Å²) >= 11 is 0. The van der Waals surface area contributed by atoms with Gasteiger partial charge in [-0.2, -0.15) is 0 Å². The maximum Gasteiger partial charge on any atom is 0.184 e. The molecule has 3 heteroatoms. The van der Waals surface area contributed by atoms with Crippen molar-refractivity contribution >= 4 is 8.32 Å². The van der Waals surface area contributed by atoms with Crippen molar-refractivity contribution < 1.29 is 9.16 Å². The average Bonchev–Trinajstić information content (AvgIpc) is 1.91. The Morgan fingerprint density at radius 1 is 1.42 bits per heavy atom. The molecule has 0 fully saturated rings. The van der Waals surface area contributed by atoms with Crippen LogP contribution in [0.1, 0.15) is 6.92 Å². The largest absolute Gasteiger partial charge is 0.499 e. The molecule has 0 bridgehead atoms. The number of rotatable bonds is 2. The van der Waals surface area contributed by atoms with E-state index in [1.54, 1.807) is 6.26 Å². The zero-order chi connectivity index (χ0) is 9.19. The summed E-state index contributed by atoms with van der Waals surface area (Å²) in [5.41, 5.74) is 0. The van der Waals surface area contributed by atoms with Crippen LogP contribution < -0.4 is 0 Å². The lowest BCUT2D eigenvalue weighted by atomic mass is 10.1. The van der Waals surface area contributed by atoms with Crippen LogP contribution in [0.15, 0.2) is 12.3 Å². The maximum absolute atomic E-state index is 5.95. The molecule has 1 rings (SSSR count). The van der Waals surface area contributed by atoms with Crippen LogP contribution in [0.4, 0.5) is 0 Å². The first-order valence-electron chi connectivity index (χ1n) is 4.45. The van der Waals surface area contributed by atoms with Crippen molar-refractivity contribution in [3.05, 3.63) is 12.3 Å². The Morgan fingerprint density at radius 2 is 2.08 bits per heavy atom. The minimum absolute atomic E-state index is 0.265. The fourth-order valence-electron chi connectivity index (χ4n) is 1.20. The van der Waals surface area contributed by atoms with E-state index in [4.69, 9.17) is 9.16 Å². The second-order valence-corrected chi connectivity index (χ2v) is 8.75. The lowest BCUT2D eigenvalue weighted by Gasteiger charge is -2.31. The van der Waals surface area contributed by atoms with E-state index in [-0.39, 0.29) is 6.10 Å². The van der Waals surface area contributed by atoms with Crippen molar-refractivity contribution in [3.8, 4) is 0 Å². The van der Waals surface area contributed by atoms with Crippen molar-refractivity contribution in [1.29, 1.82) is 0 Å². The van der Waals surface area contributed by atoms with Crippen LogP contribution >= 0.6 is 0 Å². The molecular formula is C9H18O2Si. The fraction of sp³-hybridized carbons (Fsp3) is 0.778. The minimum atomic E-state index is -1.40. The number of hydrogen-bond donors (Lipinski definition) is 0. The van der Waals surface area contributed by atoms with Crippen LogP contribution in [-0.2, 0) is 9.16 Å². The van der Waals surface area contributed by atoms with E-state index >= 15 is 0 Å². The standard InChI is InChI=1S/C9H18O2Si/c1-8-5-6-10-7-9(8)11-12(2,3)4/h5-6,8-9H,7H2,1-4H3/t8-,9-/m1/s1. The molecule has 0 aromatic rings. The second kappa shape index (κ2) is 3.62. The monoisotopic (exact) mass is 186 g/mol. The van der Waals surface area contributed by atoms with Gasteiger partial charge in [0.2, 0.25) is 0 Å². The smallest absolute Gasteiger partial charge is 0.184 e. The summed E-state index contributed by atoms with van der Waals surface area (Å²) in [6.07, 6.45) is 4.10. The molecule has 0 aromatic heterocycles. The van der Waals surface area contributed by atoms with E-state index in [0.29, 0.717) is 12.5 Å². The van der Waals surface area contributed by atoms with Crippen LogP contribution in [0.2, 0.25) is 19.6 Å². The minimum Gasteiger partial charge on any atom is -0.499 e. The fourth-order valence-corrected chi connectivity index (χ4v) is 2.39. The highest BCUT2D eigenvalue weighted by Crippen LogP contribution is 2.19. The molecule has 1 aliphatic heterocycles. The molecule has 1 aliphatic rings. The summed E-state index contributed by atoms with van der Waals surface area (Å²) in [6, 6.07) is 0. The third-order valence-electron chi connectivity index (χ3n) is 1.83. The SMILES string of the molecule is C[C@@H]1C=COC[C@H]1O[Si](C)(C)C. The van der Waals surface area contributed by atoms with E-state index in [1.165, 1.54) is 0 Å². The van der Waals surface area contributed by atoms with Crippen LogP contribution in [0.3, 0.4) is 0 Å². The van der Waals surface area contributed by atoms with Crippen LogP contribution in [0, 0.1) is 5.92 Å². The van der Waals surface area contributed by atoms with Gasteiger partial charge in [0.1, 0.15) is 6.61 Å². The van der Waals surface area contributed by atoms with Crippen molar-refractivity contribution in [2.24, 2.45) is 5.92 Å². The average molecular weight is 186 g/mol. The molecule has 0 N–H and O–H groups in total. The first-order chi connectivity index (χ1) is 5.49. The van der Waals surface area contributed by atoms with Gasteiger partial charge in [-0.05, 0) is 25.7 Å². The maximum atomic E-state index is 5.95. The van der Waals surface area contributed by atoms with Crippen molar-refractivity contribution in [3.63, 3.8) is 0 Å². The van der Waals surface area contributed by atoms with Gasteiger partial charge in [0.25, 0.3) is 0 Å². The molecule has 0 unspecified atom stereocenters. The van der Waals surface area contributed by atoms with E-state index in [0.717, 1.165) is 0 Å². The van der Waals surface area contributed by atoms with Gasteiger partial charge in [0.05, 0.1) is 12.4 Å². The van der Waals surface area contributed by atoms with Crippen molar-refractivity contribution in [2.75, 3.05) is 6.61 Å². The summed E-state index contributed by atoms with van der Waals surface area (Å²) in [5, 5.41) is 0. The van der Waals surface area contributed by atoms with Gasteiger partial charge in [-0.3, -0.25) is 0 Å². The van der Waals surface area contributed by atoms with Crippen LogP contribution in [0.25, 0.3) is 0 Å². The number of hydrogen-bond acceptors (Lipinski definition) is 2. The summed E-state index contributed by atoms with van der Waals surface area (Å²) < 4.78 is 11.2. The first-order valence-corrected chi connectivity index (χ1v) is 7.86. The van der Waals surface area contributed by atoms with Crippen LogP contribution in [0.5, 0.6) is 0 Å². The Morgan fingerprint density at radius 3 is 2.58 bits per heavy atom. The van der Waals surface area contributed by atoms with Crippen LogP contribution in [-0.4, -0.2) is 21.0 Å². The molecule has 1 heterocycles. The van der Waals surface area contributed by atoms with Gasteiger partial charge in [0.15, 0.2) is 8.32 Å². The predicted octanol–water partition coefficient (Wildman–Crippen LogP) is 2.39. The number of ether oxygens (including phenoxy) is 1. The highest BCUT2D eigenvalue weighted by molar-refractivity contribution is 6.69. The molecule has 0 amide bonds. The highest BCUT2D eigenvalue weighted by atomic mass is 28.4. The normalized spacial score (nSPS) is 30.0. The lowest BCUT2D eigenvalue weighted by Crippen LogP contribution is -2.38. The van der Waals surface area contributed by atoms with Gasteiger partial charge >= 0.3 is 0 Å². The molecule has 70 valence electrons. The summed E-state index contributed by atoms with van der Waals surface area (Å²) in [5.74, 6) is 0.491. The third-order valence-corrected chi connectivity index (χ3v) is 2.84. The van der Waals surface area contributed by atoms with E-state index < -0.39 is 8.32 Å². The molecule has 2 nitrogen and oxygen atoms in total. The van der Waals surface area contributed by atoms with Gasteiger partial charge < -0.3 is 9.16 Å². The summed E-state index contributed by atoms with van der Waals surface area (Å²) in [7, 11) is -1.40. The molecule has 0 saturated heterocycles. The quantitative estimate of drug-likeness (QED) is 0.616. The second-order valence-electron chi connectivity index (χ2n) is 4.29. The highest BCUT2D eigenvalue weighted by Gasteiger charge is 2.26. The first kappa shape index (κ1) is 9.80.